The number of nitriles is 1. The predicted molar refractivity (Wildman–Crippen MR) is 96.3 cm³/mol. The van der Waals surface area contributed by atoms with Crippen molar-refractivity contribution in [2.75, 3.05) is 31.1 Å². The number of aliphatic hydroxyl groups is 1. The van der Waals surface area contributed by atoms with E-state index in [9.17, 15) is 15.2 Å². The fourth-order valence-electron chi connectivity index (χ4n) is 2.69. The van der Waals surface area contributed by atoms with Crippen molar-refractivity contribution in [3.05, 3.63) is 11.4 Å². The third-order valence-electron chi connectivity index (χ3n) is 3.90. The Morgan fingerprint density at radius 3 is 2.46 bits per heavy atom. The van der Waals surface area contributed by atoms with Crippen LogP contribution < -0.4 is 4.90 Å². The van der Waals surface area contributed by atoms with Crippen LogP contribution in [-0.2, 0) is 17.9 Å². The highest BCUT2D eigenvalue weighted by Gasteiger charge is 2.28. The molecule has 8 nitrogen and oxygen atoms in total. The van der Waals surface area contributed by atoms with E-state index in [1.165, 1.54) is 0 Å². The van der Waals surface area contributed by atoms with E-state index >= 15 is 0 Å². The van der Waals surface area contributed by atoms with E-state index in [0.717, 1.165) is 0 Å². The second-order valence-electron chi connectivity index (χ2n) is 6.94. The van der Waals surface area contributed by atoms with Gasteiger partial charge >= 0.3 is 6.09 Å². The van der Waals surface area contributed by atoms with Crippen LogP contribution in [0.15, 0.2) is 0 Å². The third kappa shape index (κ3) is 4.47. The molecule has 1 amide bonds. The van der Waals surface area contributed by atoms with Crippen LogP contribution in [0.3, 0.4) is 0 Å². The maximum absolute atomic E-state index is 12.2. The van der Waals surface area contributed by atoms with E-state index in [-0.39, 0.29) is 12.7 Å². The zero-order valence-electron chi connectivity index (χ0n) is 15.7. The summed E-state index contributed by atoms with van der Waals surface area (Å²) in [5.41, 5.74) is 0.135. The van der Waals surface area contributed by atoms with Crippen LogP contribution in [0.5, 0.6) is 0 Å². The Morgan fingerprint density at radius 2 is 1.96 bits per heavy atom. The molecule has 1 aliphatic rings. The normalized spacial score (nSPS) is 14.5. The molecule has 0 unspecified atom stereocenters. The summed E-state index contributed by atoms with van der Waals surface area (Å²) in [6, 6.07) is 2.10. The highest BCUT2D eigenvalue weighted by Crippen LogP contribution is 2.22. The molecule has 1 aromatic rings. The van der Waals surface area contributed by atoms with Crippen molar-refractivity contribution in [3.8, 4) is 17.9 Å². The number of rotatable bonds is 3. The lowest BCUT2D eigenvalue weighted by atomic mass is 10.2. The first kappa shape index (κ1) is 19.6. The summed E-state index contributed by atoms with van der Waals surface area (Å²) >= 11 is 0. The minimum atomic E-state index is -0.527. The first-order valence-corrected chi connectivity index (χ1v) is 8.53. The molecule has 1 saturated heterocycles. The fourth-order valence-corrected chi connectivity index (χ4v) is 2.69. The summed E-state index contributed by atoms with van der Waals surface area (Å²) in [7, 11) is 0. The highest BCUT2D eigenvalue weighted by atomic mass is 16.6. The molecular formula is C18H25N5O3. The molecule has 0 saturated carbocycles. The van der Waals surface area contributed by atoms with E-state index < -0.39 is 5.60 Å². The van der Waals surface area contributed by atoms with Crippen molar-refractivity contribution in [3.63, 3.8) is 0 Å². The quantitative estimate of drug-likeness (QED) is 0.818. The van der Waals surface area contributed by atoms with Gasteiger partial charge in [0, 0.05) is 26.2 Å². The number of piperazine rings is 1. The van der Waals surface area contributed by atoms with Gasteiger partial charge in [-0.2, -0.15) is 5.26 Å². The van der Waals surface area contributed by atoms with Crippen molar-refractivity contribution in [1.29, 1.82) is 5.26 Å². The number of ether oxygens (including phenoxy) is 1. The molecule has 0 aromatic carbocycles. The van der Waals surface area contributed by atoms with Crippen LogP contribution in [0.2, 0.25) is 0 Å². The van der Waals surface area contributed by atoms with E-state index in [4.69, 9.17) is 4.74 Å². The molecule has 2 rings (SSSR count). The Morgan fingerprint density at radius 1 is 1.31 bits per heavy atom. The Kier molecular flexibility index (Phi) is 6.12. The summed E-state index contributed by atoms with van der Waals surface area (Å²) in [6.45, 7) is 9.39. The van der Waals surface area contributed by atoms with Crippen molar-refractivity contribution in [1.82, 2.24) is 14.5 Å². The van der Waals surface area contributed by atoms with Crippen molar-refractivity contribution in [2.24, 2.45) is 0 Å². The summed E-state index contributed by atoms with van der Waals surface area (Å²) in [6.07, 6.45) is -0.328. The molecule has 140 valence electrons. The average molecular weight is 359 g/mol. The van der Waals surface area contributed by atoms with Crippen molar-refractivity contribution in [2.45, 2.75) is 46.4 Å². The lowest BCUT2D eigenvalue weighted by molar-refractivity contribution is 0.0240. The average Bonchev–Trinajstić information content (AvgIpc) is 2.96. The Balaban J connectivity index is 2.16. The number of hydrogen-bond acceptors (Lipinski definition) is 6. The Labute approximate surface area is 154 Å². The minimum absolute atomic E-state index is 0.305. The number of nitrogens with zero attached hydrogens (tertiary/aromatic N) is 5. The van der Waals surface area contributed by atoms with E-state index in [1.54, 1.807) is 16.4 Å². The molecule has 1 aromatic heterocycles. The van der Waals surface area contributed by atoms with Crippen LogP contribution in [0.1, 0.15) is 39.1 Å². The van der Waals surface area contributed by atoms with Gasteiger partial charge in [0.15, 0.2) is 0 Å². The van der Waals surface area contributed by atoms with Crippen molar-refractivity contribution < 1.29 is 14.6 Å². The first-order valence-electron chi connectivity index (χ1n) is 8.53. The topological polar surface area (TPSA) is 94.6 Å². The van der Waals surface area contributed by atoms with Gasteiger partial charge in [-0.3, -0.25) is 4.57 Å². The maximum atomic E-state index is 12.2. The van der Waals surface area contributed by atoms with Crippen LogP contribution >= 0.6 is 0 Å². The molecule has 1 fully saturated rings. The van der Waals surface area contributed by atoms with Crippen LogP contribution in [0.4, 0.5) is 10.7 Å². The molecule has 0 aliphatic carbocycles. The SMILES string of the molecule is CC#CCn1c(N2CCN(C(=O)OC(C)(C)C)CC2)nc(CO)c1C#N. The summed E-state index contributed by atoms with van der Waals surface area (Å²) in [5.74, 6) is 6.34. The van der Waals surface area contributed by atoms with Gasteiger partial charge in [0.25, 0.3) is 0 Å². The predicted octanol–water partition coefficient (Wildman–Crippen LogP) is 1.33. The van der Waals surface area contributed by atoms with Gasteiger partial charge in [0.2, 0.25) is 5.95 Å². The monoisotopic (exact) mass is 359 g/mol. The van der Waals surface area contributed by atoms with Crippen LogP contribution in [0.25, 0.3) is 0 Å². The molecule has 1 N–H and O–H groups in total. The number of imidazole rings is 1. The number of carbonyl (C=O) groups excluding carboxylic acids is 1. The fraction of sp³-hybridized carbons (Fsp3) is 0.611. The minimum Gasteiger partial charge on any atom is -0.444 e. The molecule has 2 heterocycles. The first-order chi connectivity index (χ1) is 12.3. The largest absolute Gasteiger partial charge is 0.444 e. The van der Waals surface area contributed by atoms with Gasteiger partial charge in [-0.1, -0.05) is 5.92 Å². The molecule has 0 radical (unpaired) electrons. The summed E-state index contributed by atoms with van der Waals surface area (Å²) < 4.78 is 7.12. The van der Waals surface area contributed by atoms with Crippen molar-refractivity contribution >= 4 is 12.0 Å². The second-order valence-corrected chi connectivity index (χ2v) is 6.94. The molecular weight excluding hydrogens is 334 g/mol. The maximum Gasteiger partial charge on any atom is 0.410 e. The van der Waals surface area contributed by atoms with Crippen LogP contribution in [0, 0.1) is 23.2 Å². The number of hydrogen-bond donors (Lipinski definition) is 1. The zero-order chi connectivity index (χ0) is 19.3. The smallest absolute Gasteiger partial charge is 0.410 e. The third-order valence-corrected chi connectivity index (χ3v) is 3.90. The van der Waals surface area contributed by atoms with E-state index in [0.29, 0.717) is 50.1 Å². The molecule has 0 spiro atoms. The number of carbonyl (C=O) groups is 1. The molecule has 0 bridgehead atoms. The van der Waals surface area contributed by atoms with E-state index in [2.05, 4.69) is 22.9 Å². The molecule has 0 atom stereocenters. The van der Waals surface area contributed by atoms with E-state index in [1.807, 2.05) is 25.7 Å². The zero-order valence-corrected chi connectivity index (χ0v) is 15.7. The lowest BCUT2D eigenvalue weighted by Crippen LogP contribution is -2.50. The van der Waals surface area contributed by atoms with Gasteiger partial charge < -0.3 is 19.6 Å². The molecule has 1 aliphatic heterocycles. The number of aliphatic hydroxyl groups excluding tert-OH is 1. The van der Waals surface area contributed by atoms with Gasteiger partial charge in [0.05, 0.1) is 13.2 Å². The number of anilines is 1. The lowest BCUT2D eigenvalue weighted by Gasteiger charge is -2.36. The van der Waals surface area contributed by atoms with Gasteiger partial charge in [-0.05, 0) is 27.7 Å². The standard InChI is InChI=1S/C18H25N5O3/c1-5-6-7-23-15(12-19)14(13-24)20-16(23)21-8-10-22(11-9-21)17(25)26-18(2,3)4/h24H,7-11,13H2,1-4H3. The van der Waals surface area contributed by atoms with Gasteiger partial charge in [-0.15, -0.1) is 5.92 Å². The van der Waals surface area contributed by atoms with Gasteiger partial charge in [0.1, 0.15) is 23.1 Å². The molecule has 8 heteroatoms. The highest BCUT2D eigenvalue weighted by molar-refractivity contribution is 5.68. The Bertz CT molecular complexity index is 753. The Hall–Kier alpha value is -2.71. The van der Waals surface area contributed by atoms with Gasteiger partial charge in [-0.25, -0.2) is 9.78 Å². The summed E-state index contributed by atoms with van der Waals surface area (Å²) in [4.78, 5) is 20.3. The summed E-state index contributed by atoms with van der Waals surface area (Å²) in [5, 5.41) is 18.9. The number of amides is 1. The molecule has 26 heavy (non-hydrogen) atoms. The van der Waals surface area contributed by atoms with Crippen LogP contribution in [-0.4, -0.2) is 57.4 Å². The second kappa shape index (κ2) is 8.11. The number of aromatic nitrogens is 2.